The molecule has 1 N–H and O–H groups in total. The Labute approximate surface area is 99.3 Å². The Bertz CT molecular complexity index is 190. The summed E-state index contributed by atoms with van der Waals surface area (Å²) in [4.78, 5) is 2.32. The van der Waals surface area contributed by atoms with Crippen molar-refractivity contribution in [1.82, 2.24) is 10.2 Å². The van der Waals surface area contributed by atoms with Crippen LogP contribution in [0.1, 0.15) is 20.3 Å². The van der Waals surface area contributed by atoms with Crippen LogP contribution in [-0.4, -0.2) is 63.5 Å². The van der Waals surface area contributed by atoms with Crippen LogP contribution in [0.25, 0.3) is 0 Å². The van der Waals surface area contributed by atoms with Crippen molar-refractivity contribution in [1.29, 1.82) is 0 Å². The molecule has 0 aromatic heterocycles. The van der Waals surface area contributed by atoms with Crippen LogP contribution in [0.3, 0.4) is 0 Å². The number of nitrogens with zero attached hydrogens (tertiary/aromatic N) is 1. The van der Waals surface area contributed by atoms with Gasteiger partial charge in [-0.05, 0) is 20.4 Å². The van der Waals surface area contributed by atoms with E-state index in [9.17, 15) is 0 Å². The summed E-state index contributed by atoms with van der Waals surface area (Å²) in [5.41, 5.74) is 0. The minimum absolute atomic E-state index is 0.296. The zero-order valence-corrected chi connectivity index (χ0v) is 11.0. The van der Waals surface area contributed by atoms with E-state index in [1.807, 2.05) is 0 Å². The first-order valence-electron chi connectivity index (χ1n) is 6.22. The van der Waals surface area contributed by atoms with Gasteiger partial charge in [0.1, 0.15) is 0 Å². The molecule has 0 spiro atoms. The van der Waals surface area contributed by atoms with Crippen LogP contribution in [0.4, 0.5) is 0 Å². The lowest BCUT2D eigenvalue weighted by Gasteiger charge is -2.35. The first kappa shape index (κ1) is 13.9. The van der Waals surface area contributed by atoms with Crippen LogP contribution in [0.15, 0.2) is 0 Å². The second-order valence-electron chi connectivity index (χ2n) is 4.69. The van der Waals surface area contributed by atoms with E-state index in [1.165, 1.54) is 0 Å². The Morgan fingerprint density at radius 2 is 2.31 bits per heavy atom. The molecule has 1 heterocycles. The highest BCUT2D eigenvalue weighted by Gasteiger charge is 2.24. The van der Waals surface area contributed by atoms with Crippen LogP contribution in [0.5, 0.6) is 0 Å². The summed E-state index contributed by atoms with van der Waals surface area (Å²) in [6, 6.07) is 0.804. The van der Waals surface area contributed by atoms with Crippen molar-refractivity contribution in [2.75, 3.05) is 40.5 Å². The van der Waals surface area contributed by atoms with Crippen LogP contribution < -0.4 is 5.32 Å². The summed E-state index contributed by atoms with van der Waals surface area (Å²) in [5, 5.41) is 3.58. The smallest absolute Gasteiger partial charge is 0.0852 e. The normalized spacial score (nSPS) is 26.6. The quantitative estimate of drug-likeness (QED) is 0.729. The van der Waals surface area contributed by atoms with Crippen LogP contribution >= 0.6 is 0 Å². The highest BCUT2D eigenvalue weighted by molar-refractivity contribution is 4.81. The van der Waals surface area contributed by atoms with Crippen molar-refractivity contribution in [2.24, 2.45) is 0 Å². The predicted octanol–water partition coefficient (Wildman–Crippen LogP) is 0.720. The fourth-order valence-corrected chi connectivity index (χ4v) is 2.08. The van der Waals surface area contributed by atoms with Crippen molar-refractivity contribution in [3.8, 4) is 0 Å². The van der Waals surface area contributed by atoms with E-state index in [2.05, 4.69) is 31.1 Å². The van der Waals surface area contributed by atoms with Crippen molar-refractivity contribution in [3.05, 3.63) is 0 Å². The summed E-state index contributed by atoms with van der Waals surface area (Å²) in [7, 11) is 3.90. The minimum atomic E-state index is 0.296. The maximum Gasteiger partial charge on any atom is 0.0852 e. The molecule has 0 amide bonds. The van der Waals surface area contributed by atoms with Gasteiger partial charge in [-0.3, -0.25) is 0 Å². The molecule has 3 atom stereocenters. The molecular formula is C12H26N2O2. The molecule has 4 nitrogen and oxygen atoms in total. The molecule has 16 heavy (non-hydrogen) atoms. The lowest BCUT2D eigenvalue weighted by atomic mass is 10.1. The largest absolute Gasteiger partial charge is 0.383 e. The molecule has 0 saturated carbocycles. The Balaban J connectivity index is 2.34. The van der Waals surface area contributed by atoms with E-state index in [0.717, 1.165) is 32.7 Å². The van der Waals surface area contributed by atoms with Gasteiger partial charge < -0.3 is 19.7 Å². The zero-order chi connectivity index (χ0) is 12.0. The fourth-order valence-electron chi connectivity index (χ4n) is 2.08. The first-order chi connectivity index (χ1) is 7.67. The van der Waals surface area contributed by atoms with Gasteiger partial charge in [0.25, 0.3) is 0 Å². The van der Waals surface area contributed by atoms with Gasteiger partial charge in [0.2, 0.25) is 0 Å². The topological polar surface area (TPSA) is 33.7 Å². The lowest BCUT2D eigenvalue weighted by molar-refractivity contribution is -0.0386. The van der Waals surface area contributed by atoms with Crippen LogP contribution in [0, 0.1) is 0 Å². The van der Waals surface area contributed by atoms with Gasteiger partial charge in [0.15, 0.2) is 0 Å². The highest BCUT2D eigenvalue weighted by atomic mass is 16.5. The average molecular weight is 230 g/mol. The third kappa shape index (κ3) is 4.37. The average Bonchev–Trinajstić information content (AvgIpc) is 2.28. The highest BCUT2D eigenvalue weighted by Crippen LogP contribution is 2.08. The second-order valence-corrected chi connectivity index (χ2v) is 4.69. The van der Waals surface area contributed by atoms with Crippen LogP contribution in [0.2, 0.25) is 0 Å². The van der Waals surface area contributed by atoms with Gasteiger partial charge in [-0.15, -0.1) is 0 Å². The van der Waals surface area contributed by atoms with E-state index in [4.69, 9.17) is 9.47 Å². The predicted molar refractivity (Wildman–Crippen MR) is 65.8 cm³/mol. The first-order valence-corrected chi connectivity index (χ1v) is 6.22. The van der Waals surface area contributed by atoms with E-state index < -0.39 is 0 Å². The molecule has 4 heteroatoms. The molecule has 3 unspecified atom stereocenters. The zero-order valence-electron chi connectivity index (χ0n) is 11.0. The van der Waals surface area contributed by atoms with Crippen LogP contribution in [-0.2, 0) is 9.47 Å². The lowest BCUT2D eigenvalue weighted by Crippen LogP contribution is -2.52. The Hall–Kier alpha value is -0.160. The molecule has 96 valence electrons. The molecular weight excluding hydrogens is 204 g/mol. The molecule has 1 fully saturated rings. The monoisotopic (exact) mass is 230 g/mol. The number of hydrogen-bond acceptors (Lipinski definition) is 4. The van der Waals surface area contributed by atoms with Gasteiger partial charge in [-0.25, -0.2) is 0 Å². The maximum absolute atomic E-state index is 5.79. The minimum Gasteiger partial charge on any atom is -0.383 e. The molecule has 0 aliphatic carbocycles. The van der Waals surface area contributed by atoms with Crippen molar-refractivity contribution >= 4 is 0 Å². The van der Waals surface area contributed by atoms with Gasteiger partial charge in [-0.2, -0.15) is 0 Å². The summed E-state index contributed by atoms with van der Waals surface area (Å²) >= 11 is 0. The summed E-state index contributed by atoms with van der Waals surface area (Å²) in [6.07, 6.45) is 1.38. The van der Waals surface area contributed by atoms with E-state index >= 15 is 0 Å². The molecule has 0 radical (unpaired) electrons. The Kier molecular flexibility index (Phi) is 6.28. The molecule has 0 aromatic carbocycles. The third-order valence-electron chi connectivity index (χ3n) is 3.21. The number of rotatable bonds is 6. The Morgan fingerprint density at radius 1 is 1.56 bits per heavy atom. The molecule has 1 saturated heterocycles. The van der Waals surface area contributed by atoms with E-state index in [-0.39, 0.29) is 0 Å². The van der Waals surface area contributed by atoms with Gasteiger partial charge >= 0.3 is 0 Å². The number of morpholine rings is 1. The third-order valence-corrected chi connectivity index (χ3v) is 3.21. The molecule has 0 aromatic rings. The van der Waals surface area contributed by atoms with E-state index in [1.54, 1.807) is 7.11 Å². The number of methoxy groups -OCH3 is 1. The summed E-state index contributed by atoms with van der Waals surface area (Å²) < 4.78 is 11.0. The molecule has 1 aliphatic rings. The van der Waals surface area contributed by atoms with Gasteiger partial charge in [-0.1, -0.05) is 6.92 Å². The van der Waals surface area contributed by atoms with E-state index in [0.29, 0.717) is 18.2 Å². The van der Waals surface area contributed by atoms with Gasteiger partial charge in [0.05, 0.1) is 19.3 Å². The standard InChI is InChI=1S/C12H26N2O2/c1-5-11(9-15-4)13-10(2)12-8-14(3)6-7-16-12/h10-13H,5-9H2,1-4H3. The second kappa shape index (κ2) is 7.22. The number of nitrogens with one attached hydrogen (secondary N) is 1. The molecule has 0 bridgehead atoms. The Morgan fingerprint density at radius 3 is 2.88 bits per heavy atom. The number of ether oxygens (including phenoxy) is 2. The van der Waals surface area contributed by atoms with Crippen molar-refractivity contribution in [2.45, 2.75) is 38.5 Å². The molecule has 1 rings (SSSR count). The molecule has 1 aliphatic heterocycles. The fraction of sp³-hybridized carbons (Fsp3) is 1.00. The van der Waals surface area contributed by atoms with Gasteiger partial charge in [0, 0.05) is 32.3 Å². The summed E-state index contributed by atoms with van der Waals surface area (Å²) in [5.74, 6) is 0. The number of hydrogen-bond donors (Lipinski definition) is 1. The van der Waals surface area contributed by atoms with Crippen molar-refractivity contribution < 1.29 is 9.47 Å². The maximum atomic E-state index is 5.79. The number of likely N-dealkylation sites (N-methyl/N-ethyl adjacent to an activating group) is 1. The SMILES string of the molecule is CCC(COC)NC(C)C1CN(C)CCO1. The van der Waals surface area contributed by atoms with Crippen molar-refractivity contribution in [3.63, 3.8) is 0 Å². The summed E-state index contributed by atoms with van der Waals surface area (Å²) in [6.45, 7) is 8.03.